The first kappa shape index (κ1) is 15.4. The number of nitrogens with two attached hydrogens (primary N) is 1. The second-order valence-electron chi connectivity index (χ2n) is 5.62. The van der Waals surface area contributed by atoms with Crippen molar-refractivity contribution < 1.29 is 18.0 Å². The molecule has 0 spiro atoms. The molecule has 3 aromatic rings. The van der Waals surface area contributed by atoms with Crippen LogP contribution in [0.2, 0.25) is 0 Å². The highest BCUT2D eigenvalue weighted by atomic mass is 19.3. The number of alkyl halides is 2. The fraction of sp³-hybridized carbons (Fsp3) is 0.250. The minimum atomic E-state index is -2.69. The molecule has 0 amide bonds. The number of hydrogen-bond donors (Lipinski definition) is 1. The summed E-state index contributed by atoms with van der Waals surface area (Å²) < 4.78 is 37.7. The number of benzene rings is 1. The van der Waals surface area contributed by atoms with Gasteiger partial charge in [0.05, 0.1) is 5.92 Å². The average Bonchev–Trinajstić information content (AvgIpc) is 3.10. The van der Waals surface area contributed by atoms with E-state index < -0.39 is 18.4 Å². The number of fused-ring (bicyclic) bond motifs is 1. The highest BCUT2D eigenvalue weighted by Crippen LogP contribution is 2.38. The summed E-state index contributed by atoms with van der Waals surface area (Å²) in [7, 11) is 0. The molecule has 25 heavy (non-hydrogen) atoms. The summed E-state index contributed by atoms with van der Waals surface area (Å²) in [5.41, 5.74) is 6.77. The molecule has 9 heteroatoms. The zero-order valence-corrected chi connectivity index (χ0v) is 12.8. The van der Waals surface area contributed by atoms with E-state index in [2.05, 4.69) is 20.1 Å². The maximum atomic E-state index is 13.5. The van der Waals surface area contributed by atoms with Crippen molar-refractivity contribution in [2.75, 3.05) is 5.73 Å². The number of anilines is 1. The van der Waals surface area contributed by atoms with Gasteiger partial charge in [-0.3, -0.25) is 0 Å². The number of halogens is 2. The fourth-order valence-electron chi connectivity index (χ4n) is 2.81. The Morgan fingerprint density at radius 1 is 1.20 bits per heavy atom. The summed E-state index contributed by atoms with van der Waals surface area (Å²) in [4.78, 5) is 12.0. The van der Waals surface area contributed by atoms with E-state index in [4.69, 9.17) is 15.0 Å². The molecule has 0 fully saturated rings. The zero-order chi connectivity index (χ0) is 17.4. The second kappa shape index (κ2) is 6.08. The van der Waals surface area contributed by atoms with Gasteiger partial charge in [0.25, 0.3) is 6.43 Å². The van der Waals surface area contributed by atoms with E-state index in [9.17, 15) is 8.78 Å². The lowest BCUT2D eigenvalue weighted by Crippen LogP contribution is -2.37. The predicted octanol–water partition coefficient (Wildman–Crippen LogP) is 2.46. The second-order valence-corrected chi connectivity index (χ2v) is 5.62. The van der Waals surface area contributed by atoms with Gasteiger partial charge in [-0.15, -0.1) is 0 Å². The lowest BCUT2D eigenvalue weighted by molar-refractivity contribution is -0.0175. The Bertz CT molecular complexity index is 901. The van der Waals surface area contributed by atoms with Gasteiger partial charge in [-0.1, -0.05) is 23.4 Å². The van der Waals surface area contributed by atoms with E-state index in [1.807, 2.05) is 12.1 Å². The molecule has 0 bridgehead atoms. The molecule has 0 radical (unpaired) electrons. The third-order valence-electron chi connectivity index (χ3n) is 4.00. The number of nitrogen functional groups attached to an aromatic ring is 1. The normalized spacial score (nSPS) is 19.5. The largest absolute Gasteiger partial charge is 0.483 e. The molecule has 4 rings (SSSR count). The molecule has 0 saturated heterocycles. The summed E-state index contributed by atoms with van der Waals surface area (Å²) in [5.74, 6) is 0.183. The number of hydrogen-bond acceptors (Lipinski definition) is 7. The molecule has 0 aliphatic carbocycles. The fourth-order valence-corrected chi connectivity index (χ4v) is 2.81. The summed E-state index contributed by atoms with van der Waals surface area (Å²) in [6.07, 6.45) is -2.47. The third-order valence-corrected chi connectivity index (χ3v) is 4.00. The van der Waals surface area contributed by atoms with Crippen molar-refractivity contribution in [1.29, 1.82) is 0 Å². The van der Waals surface area contributed by atoms with E-state index in [1.54, 1.807) is 12.1 Å². The number of ether oxygens (including phenoxy) is 1. The van der Waals surface area contributed by atoms with Crippen molar-refractivity contribution in [2.24, 2.45) is 0 Å². The van der Waals surface area contributed by atoms with Crippen LogP contribution in [0.4, 0.5) is 14.6 Å². The van der Waals surface area contributed by atoms with Gasteiger partial charge in [0, 0.05) is 6.07 Å². The van der Waals surface area contributed by atoms with Crippen molar-refractivity contribution in [3.8, 4) is 17.3 Å². The van der Waals surface area contributed by atoms with Gasteiger partial charge < -0.3 is 15.0 Å². The summed E-state index contributed by atoms with van der Waals surface area (Å²) in [5, 5.41) is 3.82. The van der Waals surface area contributed by atoms with Gasteiger partial charge in [-0.05, 0) is 18.1 Å². The van der Waals surface area contributed by atoms with E-state index in [1.165, 1.54) is 12.4 Å². The molecule has 7 nitrogen and oxygen atoms in total. The molecular formula is C16H13F2N5O2. The van der Waals surface area contributed by atoms with Gasteiger partial charge in [0.2, 0.25) is 11.7 Å². The predicted molar refractivity (Wildman–Crippen MR) is 83.0 cm³/mol. The van der Waals surface area contributed by atoms with Crippen molar-refractivity contribution in [1.82, 2.24) is 20.1 Å². The summed E-state index contributed by atoms with van der Waals surface area (Å²) in [6, 6.07) is 8.54. The Balaban J connectivity index is 1.68. The molecule has 1 aromatic carbocycles. The monoisotopic (exact) mass is 345 g/mol. The van der Waals surface area contributed by atoms with Crippen molar-refractivity contribution in [2.45, 2.75) is 24.9 Å². The van der Waals surface area contributed by atoms with E-state index in [-0.39, 0.29) is 17.5 Å². The van der Waals surface area contributed by atoms with Crippen LogP contribution >= 0.6 is 0 Å². The van der Waals surface area contributed by atoms with Crippen LogP contribution in [0.15, 0.2) is 41.2 Å². The third kappa shape index (κ3) is 2.88. The maximum Gasteiger partial charge on any atom is 0.275 e. The van der Waals surface area contributed by atoms with Gasteiger partial charge in [-0.2, -0.15) is 4.98 Å². The van der Waals surface area contributed by atoms with E-state index in [0.717, 1.165) is 5.56 Å². The van der Waals surface area contributed by atoms with Crippen LogP contribution < -0.4 is 10.5 Å². The first-order valence-corrected chi connectivity index (χ1v) is 7.56. The van der Waals surface area contributed by atoms with Crippen LogP contribution in [0.1, 0.15) is 17.4 Å². The number of rotatable bonds is 3. The quantitative estimate of drug-likeness (QED) is 0.778. The average molecular weight is 345 g/mol. The van der Waals surface area contributed by atoms with Gasteiger partial charge in [-0.25, -0.2) is 18.7 Å². The Morgan fingerprint density at radius 3 is 2.84 bits per heavy atom. The zero-order valence-electron chi connectivity index (χ0n) is 12.8. The van der Waals surface area contributed by atoms with Crippen molar-refractivity contribution >= 4 is 5.82 Å². The summed E-state index contributed by atoms with van der Waals surface area (Å²) >= 11 is 0. The Hall–Kier alpha value is -3.10. The molecule has 128 valence electrons. The van der Waals surface area contributed by atoms with Crippen LogP contribution in [-0.2, 0) is 6.42 Å². The first-order chi connectivity index (χ1) is 12.1. The molecule has 3 heterocycles. The number of para-hydroxylation sites is 1. The van der Waals surface area contributed by atoms with Crippen LogP contribution in [0.25, 0.3) is 11.5 Å². The van der Waals surface area contributed by atoms with E-state index in [0.29, 0.717) is 17.9 Å². The number of aromatic nitrogens is 4. The molecule has 0 unspecified atom stereocenters. The molecular weight excluding hydrogens is 332 g/mol. The van der Waals surface area contributed by atoms with Crippen molar-refractivity contribution in [3.63, 3.8) is 0 Å². The lowest BCUT2D eigenvalue weighted by Gasteiger charge is -2.30. The molecule has 2 aromatic heterocycles. The van der Waals surface area contributed by atoms with Gasteiger partial charge in [0.15, 0.2) is 6.10 Å². The number of nitrogens with zero attached hydrogens (tertiary/aromatic N) is 4. The lowest BCUT2D eigenvalue weighted by atomic mass is 9.90. The molecule has 2 N–H and O–H groups in total. The van der Waals surface area contributed by atoms with E-state index >= 15 is 0 Å². The van der Waals surface area contributed by atoms with Gasteiger partial charge >= 0.3 is 0 Å². The van der Waals surface area contributed by atoms with Crippen LogP contribution in [0.5, 0.6) is 5.75 Å². The maximum absolute atomic E-state index is 13.5. The van der Waals surface area contributed by atoms with Crippen molar-refractivity contribution in [3.05, 3.63) is 48.1 Å². The Kier molecular flexibility index (Phi) is 3.75. The highest BCUT2D eigenvalue weighted by molar-refractivity contribution is 5.52. The Morgan fingerprint density at radius 2 is 2.04 bits per heavy atom. The standard InChI is InChI=1S/C16H13F2N5O2/c17-14(18)13-9(5-8-3-1-2-4-11(8)24-13)16-22-15(23-25-16)10-6-12(19)21-7-20-10/h1-4,6-7,9,13-14H,5H2,(H2,19,20,21)/t9-,13-/m1/s1. The SMILES string of the molecule is Nc1cc(-c2noc([C@@H]3Cc4ccccc4O[C@H]3C(F)F)n2)ncn1. The van der Waals surface area contributed by atoms with Crippen LogP contribution in [0, 0.1) is 0 Å². The highest BCUT2D eigenvalue weighted by Gasteiger charge is 2.40. The van der Waals surface area contributed by atoms with Crippen LogP contribution in [0.3, 0.4) is 0 Å². The smallest absolute Gasteiger partial charge is 0.275 e. The molecule has 0 saturated carbocycles. The van der Waals surface area contributed by atoms with Crippen LogP contribution in [-0.4, -0.2) is 32.6 Å². The summed E-state index contributed by atoms with van der Waals surface area (Å²) in [6.45, 7) is 0. The molecule has 1 aliphatic rings. The molecule has 2 atom stereocenters. The molecule has 1 aliphatic heterocycles. The topological polar surface area (TPSA) is 100.0 Å². The van der Waals surface area contributed by atoms with Gasteiger partial charge in [0.1, 0.15) is 23.6 Å². The Labute approximate surface area is 140 Å². The minimum Gasteiger partial charge on any atom is -0.483 e. The minimum absolute atomic E-state index is 0.0759. The first-order valence-electron chi connectivity index (χ1n) is 7.56.